The molecule has 0 heterocycles. The van der Waals surface area contributed by atoms with Crippen LogP contribution < -0.4 is 5.32 Å². The molecule has 1 rings (SSSR count). The van der Waals surface area contributed by atoms with E-state index in [0.29, 0.717) is 12.1 Å². The highest BCUT2D eigenvalue weighted by Crippen LogP contribution is 2.08. The molecule has 0 unspecified atom stereocenters. The number of halogens is 1. The highest BCUT2D eigenvalue weighted by atomic mass is 19.1. The van der Waals surface area contributed by atoms with E-state index in [1.807, 2.05) is 0 Å². The number of aryl methyl sites for hydroxylation is 1. The fraction of sp³-hybridized carbons (Fsp3) is 0.333. The summed E-state index contributed by atoms with van der Waals surface area (Å²) in [6.07, 6.45) is 1.54. The first-order valence-electron chi connectivity index (χ1n) is 6.49. The maximum absolute atomic E-state index is 13.1. The average molecular weight is 294 g/mol. The Kier molecular flexibility index (Phi) is 6.55. The zero-order chi connectivity index (χ0) is 15.8. The van der Waals surface area contributed by atoms with Gasteiger partial charge in [-0.1, -0.05) is 18.2 Å². The van der Waals surface area contributed by atoms with Gasteiger partial charge < -0.3 is 10.4 Å². The van der Waals surface area contributed by atoms with Crippen molar-refractivity contribution >= 4 is 11.9 Å². The predicted octanol–water partition coefficient (Wildman–Crippen LogP) is 1.32. The third kappa shape index (κ3) is 6.18. The normalized spacial score (nSPS) is 10.4. The predicted molar refractivity (Wildman–Crippen MR) is 77.3 cm³/mol. The standard InChI is InChI=1S/C15H19FN2O3/c1-3-6-18(10-15(20)21)9-14(19)17-8-12-4-5-13(16)11(2)7-12/h3-5,7H,1,6,8-10H2,2H3,(H,17,19)(H,20,21). The molecule has 0 atom stereocenters. The van der Waals surface area contributed by atoms with Crippen LogP contribution in [-0.2, 0) is 16.1 Å². The molecule has 0 bridgehead atoms. The van der Waals surface area contributed by atoms with E-state index in [4.69, 9.17) is 5.11 Å². The van der Waals surface area contributed by atoms with Gasteiger partial charge in [-0.15, -0.1) is 6.58 Å². The Balaban J connectivity index is 2.49. The molecule has 0 saturated heterocycles. The van der Waals surface area contributed by atoms with Gasteiger partial charge in [-0.05, 0) is 24.1 Å². The summed E-state index contributed by atoms with van der Waals surface area (Å²) < 4.78 is 13.1. The first-order chi connectivity index (χ1) is 9.92. The molecule has 0 aliphatic heterocycles. The minimum absolute atomic E-state index is 0.0293. The van der Waals surface area contributed by atoms with Gasteiger partial charge in [0.2, 0.25) is 5.91 Å². The Morgan fingerprint density at radius 2 is 2.14 bits per heavy atom. The van der Waals surface area contributed by atoms with Crippen LogP contribution in [0.15, 0.2) is 30.9 Å². The molecular formula is C15H19FN2O3. The van der Waals surface area contributed by atoms with Crippen LogP contribution in [0.25, 0.3) is 0 Å². The van der Waals surface area contributed by atoms with Crippen LogP contribution in [-0.4, -0.2) is 41.5 Å². The first kappa shape index (κ1) is 16.8. The highest BCUT2D eigenvalue weighted by molar-refractivity contribution is 5.79. The van der Waals surface area contributed by atoms with Crippen molar-refractivity contribution < 1.29 is 19.1 Å². The van der Waals surface area contributed by atoms with Gasteiger partial charge in [0, 0.05) is 13.1 Å². The summed E-state index contributed by atoms with van der Waals surface area (Å²) in [5.41, 5.74) is 1.30. The molecule has 1 amide bonds. The largest absolute Gasteiger partial charge is 0.480 e. The molecule has 2 N–H and O–H groups in total. The van der Waals surface area contributed by atoms with Crippen LogP contribution in [0.4, 0.5) is 4.39 Å². The number of carboxylic acids is 1. The van der Waals surface area contributed by atoms with E-state index in [-0.39, 0.29) is 31.4 Å². The molecule has 0 aliphatic rings. The number of rotatable bonds is 8. The number of carbonyl (C=O) groups is 2. The summed E-state index contributed by atoms with van der Waals surface area (Å²) >= 11 is 0. The number of nitrogens with zero attached hydrogens (tertiary/aromatic N) is 1. The smallest absolute Gasteiger partial charge is 0.317 e. The van der Waals surface area contributed by atoms with Gasteiger partial charge in [-0.25, -0.2) is 4.39 Å². The Bertz CT molecular complexity index is 532. The number of aliphatic carboxylic acids is 1. The third-order valence-corrected chi connectivity index (χ3v) is 2.83. The quantitative estimate of drug-likeness (QED) is 0.710. The zero-order valence-corrected chi connectivity index (χ0v) is 11.9. The monoisotopic (exact) mass is 294 g/mol. The molecule has 114 valence electrons. The summed E-state index contributed by atoms with van der Waals surface area (Å²) in [6.45, 7) is 5.51. The summed E-state index contributed by atoms with van der Waals surface area (Å²) in [5.74, 6) is -1.58. The van der Waals surface area contributed by atoms with Crippen LogP contribution in [0.3, 0.4) is 0 Å². The number of carboxylic acid groups (broad SMARTS) is 1. The van der Waals surface area contributed by atoms with E-state index < -0.39 is 5.97 Å². The summed E-state index contributed by atoms with van der Waals surface area (Å²) in [7, 11) is 0. The molecule has 1 aromatic carbocycles. The molecule has 1 aromatic rings. The van der Waals surface area contributed by atoms with Crippen LogP contribution in [0, 0.1) is 12.7 Å². The lowest BCUT2D eigenvalue weighted by Gasteiger charge is -2.17. The number of hydrogen-bond donors (Lipinski definition) is 2. The van der Waals surface area contributed by atoms with Crippen LogP contribution in [0.5, 0.6) is 0 Å². The van der Waals surface area contributed by atoms with Crippen LogP contribution in [0.2, 0.25) is 0 Å². The van der Waals surface area contributed by atoms with E-state index in [1.165, 1.54) is 11.0 Å². The third-order valence-electron chi connectivity index (χ3n) is 2.83. The molecule has 0 aliphatic carbocycles. The van der Waals surface area contributed by atoms with Gasteiger partial charge in [0.25, 0.3) is 0 Å². The molecular weight excluding hydrogens is 275 g/mol. The van der Waals surface area contributed by atoms with Gasteiger partial charge in [0.15, 0.2) is 0 Å². The van der Waals surface area contributed by atoms with Crippen molar-refractivity contribution in [3.05, 3.63) is 47.8 Å². The van der Waals surface area contributed by atoms with E-state index in [0.717, 1.165) is 5.56 Å². The summed E-state index contributed by atoms with van der Waals surface area (Å²) in [6, 6.07) is 4.61. The van der Waals surface area contributed by atoms with Crippen LogP contribution in [0.1, 0.15) is 11.1 Å². The molecule has 0 spiro atoms. The lowest BCUT2D eigenvalue weighted by molar-refractivity contribution is -0.138. The van der Waals surface area contributed by atoms with Crippen LogP contribution >= 0.6 is 0 Å². The lowest BCUT2D eigenvalue weighted by atomic mass is 10.1. The van der Waals surface area contributed by atoms with Crippen molar-refractivity contribution in [3.8, 4) is 0 Å². The Morgan fingerprint density at radius 3 is 2.71 bits per heavy atom. The Hall–Kier alpha value is -2.21. The number of benzene rings is 1. The maximum atomic E-state index is 13.1. The van der Waals surface area contributed by atoms with Gasteiger partial charge >= 0.3 is 5.97 Å². The molecule has 0 radical (unpaired) electrons. The van der Waals surface area contributed by atoms with Crippen molar-refractivity contribution in [1.82, 2.24) is 10.2 Å². The second-order valence-electron chi connectivity index (χ2n) is 4.71. The topological polar surface area (TPSA) is 69.6 Å². The summed E-state index contributed by atoms with van der Waals surface area (Å²) in [4.78, 5) is 23.9. The Labute approximate surface area is 123 Å². The highest BCUT2D eigenvalue weighted by Gasteiger charge is 2.12. The van der Waals surface area contributed by atoms with Crippen molar-refractivity contribution in [2.75, 3.05) is 19.6 Å². The van der Waals surface area contributed by atoms with Crippen molar-refractivity contribution in [3.63, 3.8) is 0 Å². The number of nitrogens with one attached hydrogen (secondary N) is 1. The number of hydrogen-bond acceptors (Lipinski definition) is 3. The number of carbonyl (C=O) groups excluding carboxylic acids is 1. The zero-order valence-electron chi connectivity index (χ0n) is 11.9. The molecule has 5 nitrogen and oxygen atoms in total. The van der Waals surface area contributed by atoms with Crippen molar-refractivity contribution in [2.45, 2.75) is 13.5 Å². The molecule has 21 heavy (non-hydrogen) atoms. The van der Waals surface area contributed by atoms with E-state index >= 15 is 0 Å². The fourth-order valence-corrected chi connectivity index (χ4v) is 1.84. The van der Waals surface area contributed by atoms with Gasteiger partial charge in [-0.3, -0.25) is 14.5 Å². The molecule has 0 fully saturated rings. The van der Waals surface area contributed by atoms with E-state index in [2.05, 4.69) is 11.9 Å². The fourth-order valence-electron chi connectivity index (χ4n) is 1.84. The molecule has 0 aromatic heterocycles. The Morgan fingerprint density at radius 1 is 1.43 bits per heavy atom. The maximum Gasteiger partial charge on any atom is 0.317 e. The molecule has 6 heteroatoms. The second-order valence-corrected chi connectivity index (χ2v) is 4.71. The summed E-state index contributed by atoms with van der Waals surface area (Å²) in [5, 5.41) is 11.4. The molecule has 0 saturated carbocycles. The van der Waals surface area contributed by atoms with Crippen molar-refractivity contribution in [1.29, 1.82) is 0 Å². The number of amides is 1. The second kappa shape index (κ2) is 8.16. The first-order valence-corrected chi connectivity index (χ1v) is 6.49. The van der Waals surface area contributed by atoms with Crippen molar-refractivity contribution in [2.24, 2.45) is 0 Å². The van der Waals surface area contributed by atoms with Gasteiger partial charge in [-0.2, -0.15) is 0 Å². The lowest BCUT2D eigenvalue weighted by Crippen LogP contribution is -2.39. The van der Waals surface area contributed by atoms with Gasteiger partial charge in [0.1, 0.15) is 5.82 Å². The SMILES string of the molecule is C=CCN(CC(=O)O)CC(=O)NCc1ccc(F)c(C)c1. The minimum atomic E-state index is -1.00. The average Bonchev–Trinajstić information content (AvgIpc) is 2.39. The van der Waals surface area contributed by atoms with E-state index in [1.54, 1.807) is 25.1 Å². The van der Waals surface area contributed by atoms with E-state index in [9.17, 15) is 14.0 Å². The minimum Gasteiger partial charge on any atom is -0.480 e. The van der Waals surface area contributed by atoms with Gasteiger partial charge in [0.05, 0.1) is 13.1 Å².